The molecule has 0 saturated carbocycles. The van der Waals surface area contributed by atoms with Crippen molar-refractivity contribution in [1.29, 1.82) is 0 Å². The molecule has 3 fully saturated rings. The lowest BCUT2D eigenvalue weighted by Crippen LogP contribution is -2.68. The predicted octanol–water partition coefficient (Wildman–Crippen LogP) is 1.82. The summed E-state index contributed by atoms with van der Waals surface area (Å²) in [6.07, 6.45) is 6.44. The second-order valence-corrected chi connectivity index (χ2v) is 8.52. The third-order valence-electron chi connectivity index (χ3n) is 6.88. The Labute approximate surface area is 165 Å². The molecule has 3 N–H and O–H groups in total. The standard InChI is InChI=1S/C22H28N4O2/c27-20-7-3-6-19-15-10-16(12-23-11-15)21(26(19)20)22(28)24-9-8-14-13-25-18-5-2-1-4-17(14)18/h1-2,4-5,13,15-16,19,21,23,25H,3,6-12H2,(H,24,28)/t15-,16+,19+,21-/m1/s1. The Balaban J connectivity index is 1.29. The number of fused-ring (bicyclic) bond motifs is 5. The van der Waals surface area contributed by atoms with Crippen molar-refractivity contribution < 1.29 is 9.59 Å². The second kappa shape index (κ2) is 7.24. The summed E-state index contributed by atoms with van der Waals surface area (Å²) >= 11 is 0. The van der Waals surface area contributed by atoms with E-state index in [1.807, 2.05) is 23.2 Å². The van der Waals surface area contributed by atoms with Crippen molar-refractivity contribution in [2.75, 3.05) is 19.6 Å². The maximum atomic E-state index is 13.2. The first-order valence-electron chi connectivity index (χ1n) is 10.6. The smallest absolute Gasteiger partial charge is 0.243 e. The Bertz CT molecular complexity index is 892. The number of carbonyl (C=O) groups is 2. The Morgan fingerprint density at radius 1 is 1.21 bits per heavy atom. The Morgan fingerprint density at radius 2 is 2.07 bits per heavy atom. The monoisotopic (exact) mass is 380 g/mol. The van der Waals surface area contributed by atoms with Gasteiger partial charge in [0.05, 0.1) is 0 Å². The van der Waals surface area contributed by atoms with Gasteiger partial charge < -0.3 is 20.5 Å². The number of rotatable bonds is 4. The molecule has 6 nitrogen and oxygen atoms in total. The number of hydrogen-bond acceptors (Lipinski definition) is 3. The molecule has 5 rings (SSSR count). The quantitative estimate of drug-likeness (QED) is 0.757. The number of H-pyrrole nitrogens is 1. The van der Waals surface area contributed by atoms with Crippen LogP contribution >= 0.6 is 0 Å². The van der Waals surface area contributed by atoms with E-state index in [1.165, 1.54) is 10.9 Å². The summed E-state index contributed by atoms with van der Waals surface area (Å²) in [5.74, 6) is 0.917. The lowest BCUT2D eigenvalue weighted by atomic mass is 9.72. The van der Waals surface area contributed by atoms with Crippen molar-refractivity contribution in [3.05, 3.63) is 36.0 Å². The highest BCUT2D eigenvalue weighted by molar-refractivity contribution is 5.89. The van der Waals surface area contributed by atoms with Gasteiger partial charge in [-0.1, -0.05) is 18.2 Å². The number of aromatic nitrogens is 1. The summed E-state index contributed by atoms with van der Waals surface area (Å²) in [6.45, 7) is 2.39. The number of benzene rings is 1. The van der Waals surface area contributed by atoms with Gasteiger partial charge in [0.1, 0.15) is 6.04 Å². The zero-order chi connectivity index (χ0) is 19.1. The molecule has 0 spiro atoms. The minimum absolute atomic E-state index is 0.0206. The average Bonchev–Trinajstić information content (AvgIpc) is 3.12. The van der Waals surface area contributed by atoms with Crippen molar-refractivity contribution in [1.82, 2.24) is 20.5 Å². The first-order chi connectivity index (χ1) is 13.7. The van der Waals surface area contributed by atoms with E-state index in [1.54, 1.807) is 0 Å². The van der Waals surface area contributed by atoms with Crippen LogP contribution in [-0.2, 0) is 16.0 Å². The van der Waals surface area contributed by atoms with Crippen LogP contribution in [0.4, 0.5) is 0 Å². The van der Waals surface area contributed by atoms with E-state index in [9.17, 15) is 9.59 Å². The van der Waals surface area contributed by atoms with Crippen molar-refractivity contribution in [2.24, 2.45) is 11.8 Å². The third-order valence-corrected chi connectivity index (χ3v) is 6.88. The Kier molecular flexibility index (Phi) is 4.59. The normalized spacial score (nSPS) is 29.6. The van der Waals surface area contributed by atoms with Crippen LogP contribution in [0.3, 0.4) is 0 Å². The molecular weight excluding hydrogens is 352 g/mol. The zero-order valence-electron chi connectivity index (χ0n) is 16.1. The second-order valence-electron chi connectivity index (χ2n) is 8.52. The van der Waals surface area contributed by atoms with Gasteiger partial charge in [0, 0.05) is 48.6 Å². The fourth-order valence-electron chi connectivity index (χ4n) is 5.61. The molecule has 0 unspecified atom stereocenters. The van der Waals surface area contributed by atoms with Crippen LogP contribution < -0.4 is 10.6 Å². The summed E-state index contributed by atoms with van der Waals surface area (Å²) in [5.41, 5.74) is 2.34. The van der Waals surface area contributed by atoms with E-state index in [4.69, 9.17) is 0 Å². The third kappa shape index (κ3) is 3.00. The molecule has 1 aromatic carbocycles. The SMILES string of the molecule is O=C(NCCc1c[nH]c2ccccc12)[C@H]1[C@@H]2CNC[C@@H](C2)[C@@H]2CCCC(=O)N21. The van der Waals surface area contributed by atoms with Crippen molar-refractivity contribution in [3.8, 4) is 0 Å². The van der Waals surface area contributed by atoms with Gasteiger partial charge in [-0.15, -0.1) is 0 Å². The molecule has 3 aliphatic heterocycles. The van der Waals surface area contributed by atoms with Crippen LogP contribution in [-0.4, -0.2) is 53.4 Å². The number of amides is 2. The largest absolute Gasteiger partial charge is 0.361 e. The van der Waals surface area contributed by atoms with Crippen molar-refractivity contribution >= 4 is 22.7 Å². The summed E-state index contributed by atoms with van der Waals surface area (Å²) in [6, 6.07) is 8.14. The zero-order valence-corrected chi connectivity index (χ0v) is 16.1. The highest BCUT2D eigenvalue weighted by Crippen LogP contribution is 2.39. The van der Waals surface area contributed by atoms with Gasteiger partial charge in [0.25, 0.3) is 0 Å². The summed E-state index contributed by atoms with van der Waals surface area (Å²) in [4.78, 5) is 31.1. The van der Waals surface area contributed by atoms with Crippen molar-refractivity contribution in [3.63, 3.8) is 0 Å². The van der Waals surface area contributed by atoms with Crippen LogP contribution in [0.1, 0.15) is 31.2 Å². The van der Waals surface area contributed by atoms with Gasteiger partial charge in [0.15, 0.2) is 0 Å². The lowest BCUT2D eigenvalue weighted by molar-refractivity contribution is -0.157. The molecule has 4 atom stereocenters. The Hall–Kier alpha value is -2.34. The molecule has 2 amide bonds. The number of carbonyl (C=O) groups excluding carboxylic acids is 2. The van der Waals surface area contributed by atoms with E-state index < -0.39 is 0 Å². The topological polar surface area (TPSA) is 77.2 Å². The lowest BCUT2D eigenvalue weighted by Gasteiger charge is -2.53. The highest BCUT2D eigenvalue weighted by Gasteiger charge is 2.50. The molecule has 6 heteroatoms. The maximum Gasteiger partial charge on any atom is 0.243 e. The molecule has 2 aromatic rings. The minimum atomic E-state index is -0.315. The number of hydrogen-bond donors (Lipinski definition) is 3. The number of piperidine rings is 3. The molecular formula is C22H28N4O2. The van der Waals surface area contributed by atoms with E-state index in [0.29, 0.717) is 18.9 Å². The summed E-state index contributed by atoms with van der Waals surface area (Å²) < 4.78 is 0. The molecule has 3 saturated heterocycles. The number of nitrogens with zero attached hydrogens (tertiary/aromatic N) is 1. The van der Waals surface area contributed by atoms with Crippen LogP contribution in [0.25, 0.3) is 10.9 Å². The average molecular weight is 380 g/mol. The minimum Gasteiger partial charge on any atom is -0.361 e. The molecule has 4 heterocycles. The van der Waals surface area contributed by atoms with Crippen LogP contribution in [0.15, 0.2) is 30.5 Å². The molecule has 0 aliphatic carbocycles. The van der Waals surface area contributed by atoms with E-state index in [0.717, 1.165) is 44.3 Å². The molecule has 3 aliphatic rings. The maximum absolute atomic E-state index is 13.2. The van der Waals surface area contributed by atoms with Gasteiger partial charge in [0.2, 0.25) is 11.8 Å². The number of para-hydroxylation sites is 1. The summed E-state index contributed by atoms with van der Waals surface area (Å²) in [7, 11) is 0. The fourth-order valence-corrected chi connectivity index (χ4v) is 5.61. The van der Waals surface area contributed by atoms with E-state index in [2.05, 4.69) is 27.8 Å². The van der Waals surface area contributed by atoms with E-state index >= 15 is 0 Å². The van der Waals surface area contributed by atoms with Crippen LogP contribution in [0.2, 0.25) is 0 Å². The first kappa shape index (κ1) is 17.7. The van der Waals surface area contributed by atoms with Gasteiger partial charge in [-0.25, -0.2) is 0 Å². The van der Waals surface area contributed by atoms with Crippen LogP contribution in [0.5, 0.6) is 0 Å². The van der Waals surface area contributed by atoms with Crippen LogP contribution in [0, 0.1) is 11.8 Å². The van der Waals surface area contributed by atoms with Gasteiger partial charge in [-0.2, -0.15) is 0 Å². The van der Waals surface area contributed by atoms with Gasteiger partial charge >= 0.3 is 0 Å². The first-order valence-corrected chi connectivity index (χ1v) is 10.6. The number of aromatic amines is 1. The highest BCUT2D eigenvalue weighted by atomic mass is 16.2. The molecule has 148 valence electrons. The molecule has 0 radical (unpaired) electrons. The summed E-state index contributed by atoms with van der Waals surface area (Å²) in [5, 5.41) is 7.84. The van der Waals surface area contributed by atoms with E-state index in [-0.39, 0.29) is 29.8 Å². The van der Waals surface area contributed by atoms with Gasteiger partial charge in [-0.05, 0) is 49.8 Å². The number of nitrogens with one attached hydrogen (secondary N) is 3. The van der Waals surface area contributed by atoms with Crippen molar-refractivity contribution in [2.45, 2.75) is 44.2 Å². The molecule has 28 heavy (non-hydrogen) atoms. The predicted molar refractivity (Wildman–Crippen MR) is 108 cm³/mol. The molecule has 1 aromatic heterocycles. The Morgan fingerprint density at radius 3 is 3.00 bits per heavy atom. The van der Waals surface area contributed by atoms with Gasteiger partial charge in [-0.3, -0.25) is 9.59 Å². The fraction of sp³-hybridized carbons (Fsp3) is 0.545. The molecule has 2 bridgehead atoms.